The van der Waals surface area contributed by atoms with E-state index in [2.05, 4.69) is 71.3 Å². The summed E-state index contributed by atoms with van der Waals surface area (Å²) in [5.41, 5.74) is 0. The van der Waals surface area contributed by atoms with Crippen molar-refractivity contribution in [1.82, 2.24) is 10.6 Å². The van der Waals surface area contributed by atoms with Gasteiger partial charge in [-0.2, -0.15) is 0 Å². The van der Waals surface area contributed by atoms with Crippen LogP contribution in [-0.2, 0) is 0 Å². The highest BCUT2D eigenvalue weighted by molar-refractivity contribution is 8.00. The smallest absolute Gasteiger partial charge is 0.191 e. The number of hydrogen-bond donors (Lipinski definition) is 2. The lowest BCUT2D eigenvalue weighted by atomic mass is 10.3. The first kappa shape index (κ1) is 16.9. The first-order valence-corrected chi connectivity index (χ1v) is 9.17. The van der Waals surface area contributed by atoms with Crippen molar-refractivity contribution in [3.8, 4) is 0 Å². The van der Waals surface area contributed by atoms with Crippen LogP contribution in [0.1, 0.15) is 24.8 Å². The molecule has 1 aromatic heterocycles. The van der Waals surface area contributed by atoms with E-state index in [-0.39, 0.29) is 6.04 Å². The fourth-order valence-electron chi connectivity index (χ4n) is 2.02. The summed E-state index contributed by atoms with van der Waals surface area (Å²) in [4.78, 5) is 6.92. The largest absolute Gasteiger partial charge is 0.355 e. The first-order valence-electron chi connectivity index (χ1n) is 7.41. The van der Waals surface area contributed by atoms with E-state index in [1.165, 1.54) is 9.77 Å². The van der Waals surface area contributed by atoms with Crippen LogP contribution in [0.2, 0.25) is 0 Å². The van der Waals surface area contributed by atoms with E-state index in [9.17, 15) is 0 Å². The van der Waals surface area contributed by atoms with Crippen molar-refractivity contribution in [3.63, 3.8) is 0 Å². The molecule has 1 aromatic carbocycles. The van der Waals surface area contributed by atoms with Crippen LogP contribution in [0.15, 0.2) is 57.7 Å². The number of nitrogens with one attached hydrogen (secondary N) is 2. The maximum Gasteiger partial charge on any atom is 0.191 e. The van der Waals surface area contributed by atoms with Gasteiger partial charge >= 0.3 is 0 Å². The fourth-order valence-corrected chi connectivity index (χ4v) is 3.70. The van der Waals surface area contributed by atoms with Crippen LogP contribution < -0.4 is 10.6 Å². The average Bonchev–Trinajstić information content (AvgIpc) is 3.06. The van der Waals surface area contributed by atoms with Crippen molar-refractivity contribution in [3.05, 3.63) is 52.7 Å². The normalized spacial score (nSPS) is 14.4. The highest BCUT2D eigenvalue weighted by Crippen LogP contribution is 2.22. The molecule has 5 heteroatoms. The Hall–Kier alpha value is -1.46. The molecule has 0 aliphatic carbocycles. The van der Waals surface area contributed by atoms with E-state index in [0.717, 1.165) is 12.5 Å². The number of nitrogens with zero attached hydrogens (tertiary/aromatic N) is 1. The summed E-state index contributed by atoms with van der Waals surface area (Å²) in [6, 6.07) is 15.0. The second-order valence-electron chi connectivity index (χ2n) is 5.08. The van der Waals surface area contributed by atoms with Crippen molar-refractivity contribution < 1.29 is 0 Å². The molecule has 3 nitrogen and oxygen atoms in total. The van der Waals surface area contributed by atoms with Gasteiger partial charge in [-0.15, -0.1) is 23.1 Å². The minimum atomic E-state index is 0.267. The summed E-state index contributed by atoms with van der Waals surface area (Å²) in [6.45, 7) is 5.25. The van der Waals surface area contributed by atoms with E-state index >= 15 is 0 Å². The van der Waals surface area contributed by atoms with Crippen LogP contribution in [0.3, 0.4) is 0 Å². The van der Waals surface area contributed by atoms with Crippen LogP contribution >= 0.6 is 23.1 Å². The van der Waals surface area contributed by atoms with E-state index in [1.807, 2.05) is 24.9 Å². The van der Waals surface area contributed by atoms with Crippen molar-refractivity contribution in [2.75, 3.05) is 13.6 Å². The van der Waals surface area contributed by atoms with Crippen LogP contribution in [0.4, 0.5) is 0 Å². The molecular formula is C17H23N3S2. The maximum absolute atomic E-state index is 4.31. The molecule has 0 fully saturated rings. The Morgan fingerprint density at radius 1 is 1.18 bits per heavy atom. The van der Waals surface area contributed by atoms with Gasteiger partial charge in [0.1, 0.15) is 0 Å². The molecule has 0 amide bonds. The predicted molar refractivity (Wildman–Crippen MR) is 99.0 cm³/mol. The van der Waals surface area contributed by atoms with Gasteiger partial charge in [-0.3, -0.25) is 4.99 Å². The van der Waals surface area contributed by atoms with Crippen molar-refractivity contribution in [1.29, 1.82) is 0 Å². The third-order valence-electron chi connectivity index (χ3n) is 3.18. The third-order valence-corrected chi connectivity index (χ3v) is 5.35. The lowest BCUT2D eigenvalue weighted by molar-refractivity contribution is 0.694. The second-order valence-corrected chi connectivity index (χ2v) is 7.57. The molecule has 0 saturated carbocycles. The number of rotatable bonds is 6. The molecule has 2 unspecified atom stereocenters. The van der Waals surface area contributed by atoms with Crippen LogP contribution in [0, 0.1) is 0 Å². The molecule has 0 aliphatic heterocycles. The number of aliphatic imine (C=N–C) groups is 1. The van der Waals surface area contributed by atoms with Crippen LogP contribution in [0.25, 0.3) is 0 Å². The minimum Gasteiger partial charge on any atom is -0.355 e. The first-order chi connectivity index (χ1) is 10.7. The molecule has 0 saturated heterocycles. The molecule has 2 aromatic rings. The number of benzene rings is 1. The molecule has 2 N–H and O–H groups in total. The van der Waals surface area contributed by atoms with E-state index in [0.29, 0.717) is 5.25 Å². The fraction of sp³-hybridized carbons (Fsp3) is 0.353. The van der Waals surface area contributed by atoms with Gasteiger partial charge in [0.05, 0.1) is 6.04 Å². The van der Waals surface area contributed by atoms with Crippen molar-refractivity contribution >= 4 is 29.1 Å². The Labute approximate surface area is 141 Å². The van der Waals surface area contributed by atoms with Gasteiger partial charge in [-0.05, 0) is 30.5 Å². The summed E-state index contributed by atoms with van der Waals surface area (Å²) in [5.74, 6) is 0.849. The summed E-state index contributed by atoms with van der Waals surface area (Å²) < 4.78 is 0. The Balaban J connectivity index is 1.78. The minimum absolute atomic E-state index is 0.267. The Kier molecular flexibility index (Phi) is 6.80. The molecule has 2 atom stereocenters. The standard InChI is InChI=1S/C17H23N3S2/c1-13(22-15-8-5-4-6-9-15)12-19-17(18-3)20-14(2)16-10-7-11-21-16/h4-11,13-14H,12H2,1-3H3,(H2,18,19,20). The molecule has 0 radical (unpaired) electrons. The van der Waals surface area contributed by atoms with Crippen LogP contribution in [0.5, 0.6) is 0 Å². The van der Waals surface area contributed by atoms with E-state index in [4.69, 9.17) is 0 Å². The molecule has 22 heavy (non-hydrogen) atoms. The van der Waals surface area contributed by atoms with Crippen molar-refractivity contribution in [2.24, 2.45) is 4.99 Å². The highest BCUT2D eigenvalue weighted by Gasteiger charge is 2.10. The van der Waals surface area contributed by atoms with E-state index < -0.39 is 0 Å². The van der Waals surface area contributed by atoms with Crippen molar-refractivity contribution in [2.45, 2.75) is 30.0 Å². The number of hydrogen-bond acceptors (Lipinski definition) is 3. The van der Waals surface area contributed by atoms with Gasteiger partial charge in [0.2, 0.25) is 0 Å². The van der Waals surface area contributed by atoms with Gasteiger partial charge < -0.3 is 10.6 Å². The molecule has 0 aliphatic rings. The molecule has 0 bridgehead atoms. The maximum atomic E-state index is 4.31. The lowest BCUT2D eigenvalue weighted by Gasteiger charge is -2.19. The monoisotopic (exact) mass is 333 g/mol. The molecule has 0 spiro atoms. The van der Waals surface area contributed by atoms with E-state index in [1.54, 1.807) is 11.3 Å². The topological polar surface area (TPSA) is 36.4 Å². The SMILES string of the molecule is CN=C(NCC(C)Sc1ccccc1)NC(C)c1cccs1. The van der Waals surface area contributed by atoms with Gasteiger partial charge in [0.25, 0.3) is 0 Å². The summed E-state index contributed by atoms with van der Waals surface area (Å²) in [5, 5.41) is 9.40. The Morgan fingerprint density at radius 3 is 2.59 bits per heavy atom. The predicted octanol–water partition coefficient (Wildman–Crippen LogP) is 4.15. The lowest BCUT2D eigenvalue weighted by Crippen LogP contribution is -2.40. The van der Waals surface area contributed by atoms with Gasteiger partial charge in [-0.1, -0.05) is 31.2 Å². The molecule has 2 rings (SSSR count). The molecule has 1 heterocycles. The van der Waals surface area contributed by atoms with Crippen LogP contribution in [-0.4, -0.2) is 24.8 Å². The second kappa shape index (κ2) is 8.86. The van der Waals surface area contributed by atoms with Gasteiger partial charge in [-0.25, -0.2) is 0 Å². The summed E-state index contributed by atoms with van der Waals surface area (Å²) in [7, 11) is 1.81. The molecule has 118 valence electrons. The Morgan fingerprint density at radius 2 is 1.95 bits per heavy atom. The summed E-state index contributed by atoms with van der Waals surface area (Å²) >= 11 is 3.63. The highest BCUT2D eigenvalue weighted by atomic mass is 32.2. The Bertz CT molecular complexity index is 567. The zero-order chi connectivity index (χ0) is 15.8. The third kappa shape index (κ3) is 5.39. The number of guanidine groups is 1. The molecular weight excluding hydrogens is 310 g/mol. The quantitative estimate of drug-likeness (QED) is 0.473. The number of thiophene rings is 1. The number of thioether (sulfide) groups is 1. The average molecular weight is 334 g/mol. The van der Waals surface area contributed by atoms with Gasteiger partial charge in [0, 0.05) is 28.6 Å². The zero-order valence-electron chi connectivity index (χ0n) is 13.2. The summed E-state index contributed by atoms with van der Waals surface area (Å²) in [6.07, 6.45) is 0. The van der Waals surface area contributed by atoms with Gasteiger partial charge in [0.15, 0.2) is 5.96 Å². The zero-order valence-corrected chi connectivity index (χ0v) is 14.9.